The van der Waals surface area contributed by atoms with Gasteiger partial charge in [-0.15, -0.1) is 21.5 Å². The number of carbonyl (C=O) groups excluding carboxylic acids is 1. The number of nitrogens with zero attached hydrogens (tertiary/aromatic N) is 4. The van der Waals surface area contributed by atoms with Gasteiger partial charge in [-0.05, 0) is 61.2 Å². The Kier molecular flexibility index (Phi) is 7.48. The lowest BCUT2D eigenvalue weighted by atomic mass is 10.1. The van der Waals surface area contributed by atoms with Crippen LogP contribution in [0.15, 0.2) is 83.3 Å². The van der Waals surface area contributed by atoms with E-state index in [0.717, 1.165) is 38.5 Å². The van der Waals surface area contributed by atoms with Gasteiger partial charge in [-0.2, -0.15) is 0 Å². The predicted octanol–water partition coefficient (Wildman–Crippen LogP) is 6.78. The second-order valence-corrected chi connectivity index (χ2v) is 10.7. The molecule has 5 rings (SSSR count). The van der Waals surface area contributed by atoms with Crippen LogP contribution in [0.3, 0.4) is 0 Å². The number of hydrogen-bond acceptors (Lipinski definition) is 6. The minimum absolute atomic E-state index is 0.205. The van der Waals surface area contributed by atoms with Crippen LogP contribution in [-0.2, 0) is 12.2 Å². The number of carbonyl (C=O) groups is 1. The van der Waals surface area contributed by atoms with Gasteiger partial charge in [0.05, 0.1) is 11.4 Å². The molecule has 0 aliphatic heterocycles. The predicted molar refractivity (Wildman–Crippen MR) is 151 cm³/mol. The molecule has 2 heterocycles. The van der Waals surface area contributed by atoms with Crippen LogP contribution in [0.4, 0.5) is 5.69 Å². The van der Waals surface area contributed by atoms with Gasteiger partial charge in [0.2, 0.25) is 0 Å². The van der Waals surface area contributed by atoms with E-state index in [-0.39, 0.29) is 5.91 Å². The van der Waals surface area contributed by atoms with Gasteiger partial charge in [0.25, 0.3) is 5.91 Å². The summed E-state index contributed by atoms with van der Waals surface area (Å²) in [6.45, 7) is 6.18. The number of benzene rings is 3. The molecule has 0 unspecified atom stereocenters. The van der Waals surface area contributed by atoms with Crippen molar-refractivity contribution in [1.82, 2.24) is 19.7 Å². The molecule has 2 aromatic heterocycles. The first-order valence-corrected chi connectivity index (χ1v) is 13.8. The Bertz CT molecular complexity index is 1540. The van der Waals surface area contributed by atoms with Crippen molar-refractivity contribution in [2.75, 3.05) is 5.32 Å². The Balaban J connectivity index is 1.33. The summed E-state index contributed by atoms with van der Waals surface area (Å²) in [5.41, 5.74) is 6.92. The van der Waals surface area contributed by atoms with E-state index < -0.39 is 0 Å². The summed E-state index contributed by atoms with van der Waals surface area (Å²) in [5, 5.41) is 15.5. The molecule has 1 N–H and O–H groups in total. The number of amides is 1. The Labute approximate surface area is 224 Å². The van der Waals surface area contributed by atoms with E-state index >= 15 is 0 Å². The first-order valence-electron chi connectivity index (χ1n) is 12.0. The van der Waals surface area contributed by atoms with Crippen LogP contribution in [0.5, 0.6) is 0 Å². The molecule has 0 fully saturated rings. The Morgan fingerprint density at radius 1 is 0.919 bits per heavy atom. The van der Waals surface area contributed by atoms with Gasteiger partial charge >= 0.3 is 0 Å². The normalized spacial score (nSPS) is 11.0. The van der Waals surface area contributed by atoms with Crippen LogP contribution in [0.1, 0.15) is 43.6 Å². The highest BCUT2D eigenvalue weighted by atomic mass is 32.2. The molecular weight excluding hydrogens is 498 g/mol. The highest BCUT2D eigenvalue weighted by molar-refractivity contribution is 7.98. The van der Waals surface area contributed by atoms with Crippen LogP contribution < -0.4 is 5.32 Å². The number of aromatic nitrogens is 4. The Hall–Kier alpha value is -3.75. The molecule has 0 saturated heterocycles. The summed E-state index contributed by atoms with van der Waals surface area (Å²) in [6, 6.07) is 24.4. The second-order valence-electron chi connectivity index (χ2n) is 8.85. The Morgan fingerprint density at radius 3 is 2.49 bits per heavy atom. The minimum atomic E-state index is -0.205. The van der Waals surface area contributed by atoms with Gasteiger partial charge < -0.3 is 5.32 Å². The van der Waals surface area contributed by atoms with Gasteiger partial charge in [0, 0.05) is 17.5 Å². The van der Waals surface area contributed by atoms with Gasteiger partial charge in [-0.3, -0.25) is 9.36 Å². The lowest BCUT2D eigenvalue weighted by Crippen LogP contribution is -2.12. The number of thioether (sulfide) groups is 1. The molecule has 186 valence electrons. The van der Waals surface area contributed by atoms with Crippen LogP contribution in [0.25, 0.3) is 5.69 Å². The molecule has 0 saturated carbocycles. The third kappa shape index (κ3) is 5.81. The maximum atomic E-state index is 12.8. The quantitative estimate of drug-likeness (QED) is 0.226. The van der Waals surface area contributed by atoms with E-state index in [0.29, 0.717) is 17.9 Å². The fourth-order valence-electron chi connectivity index (χ4n) is 3.97. The smallest absolute Gasteiger partial charge is 0.275 e. The lowest BCUT2D eigenvalue weighted by Gasteiger charge is -2.12. The summed E-state index contributed by atoms with van der Waals surface area (Å²) >= 11 is 3.05. The third-order valence-corrected chi connectivity index (χ3v) is 8.11. The summed E-state index contributed by atoms with van der Waals surface area (Å²) in [5.74, 6) is 1.27. The molecule has 3 aromatic carbocycles. The van der Waals surface area contributed by atoms with Gasteiger partial charge in [0.15, 0.2) is 5.16 Å². The highest BCUT2D eigenvalue weighted by Gasteiger charge is 2.18. The third-order valence-electron chi connectivity index (χ3n) is 6.14. The zero-order valence-corrected chi connectivity index (χ0v) is 22.6. The molecule has 8 heteroatoms. The number of thiazole rings is 1. The number of rotatable bonds is 8. The molecular formula is C29H27N5OS2. The van der Waals surface area contributed by atoms with Crippen LogP contribution in [0.2, 0.25) is 0 Å². The van der Waals surface area contributed by atoms with Crippen molar-refractivity contribution in [1.29, 1.82) is 0 Å². The number of aryl methyl sites for hydroxylation is 3. The SMILES string of the molecule is Cc1ccc(NC(=O)c2csc(CSc3nnc(Cc4ccccc4)n3-c3ccccc3C)n2)cc1C. The number of hydrogen-bond donors (Lipinski definition) is 1. The van der Waals surface area contributed by atoms with E-state index in [1.165, 1.54) is 22.5 Å². The largest absolute Gasteiger partial charge is 0.321 e. The van der Waals surface area contributed by atoms with Crippen molar-refractivity contribution >= 4 is 34.7 Å². The maximum Gasteiger partial charge on any atom is 0.275 e. The minimum Gasteiger partial charge on any atom is -0.321 e. The summed E-state index contributed by atoms with van der Waals surface area (Å²) in [6.07, 6.45) is 0.683. The average Bonchev–Trinajstić information content (AvgIpc) is 3.53. The van der Waals surface area contributed by atoms with E-state index in [4.69, 9.17) is 0 Å². The molecule has 0 radical (unpaired) electrons. The molecule has 5 aromatic rings. The van der Waals surface area contributed by atoms with E-state index in [1.54, 1.807) is 17.1 Å². The number of anilines is 1. The molecule has 0 aliphatic rings. The second kappa shape index (κ2) is 11.1. The summed E-state index contributed by atoms with van der Waals surface area (Å²) < 4.78 is 2.13. The summed E-state index contributed by atoms with van der Waals surface area (Å²) in [7, 11) is 0. The van der Waals surface area contributed by atoms with Crippen LogP contribution in [0, 0.1) is 20.8 Å². The zero-order valence-electron chi connectivity index (χ0n) is 20.9. The molecule has 0 aliphatic carbocycles. The van der Waals surface area contributed by atoms with Crippen molar-refractivity contribution in [3.63, 3.8) is 0 Å². The fourth-order valence-corrected chi connectivity index (χ4v) is 5.72. The van der Waals surface area contributed by atoms with Crippen molar-refractivity contribution in [3.05, 3.63) is 117 Å². The fraction of sp³-hybridized carbons (Fsp3) is 0.172. The molecule has 1 amide bonds. The monoisotopic (exact) mass is 525 g/mol. The van der Waals surface area contributed by atoms with Crippen molar-refractivity contribution in [3.8, 4) is 5.69 Å². The molecule has 0 bridgehead atoms. The molecule has 0 spiro atoms. The highest BCUT2D eigenvalue weighted by Crippen LogP contribution is 2.29. The first-order chi connectivity index (χ1) is 18.0. The standard InChI is InChI=1S/C29H27N5OS2/c1-19-13-14-23(15-21(19)3)30-28(35)24-17-36-27(31-24)18-37-29-33-32-26(16-22-10-5-4-6-11-22)34(29)25-12-8-7-9-20(25)2/h4-15,17H,16,18H2,1-3H3,(H,30,35). The maximum absolute atomic E-state index is 12.8. The molecule has 37 heavy (non-hydrogen) atoms. The Morgan fingerprint density at radius 2 is 1.70 bits per heavy atom. The lowest BCUT2D eigenvalue weighted by molar-refractivity contribution is 0.102. The van der Waals surface area contributed by atoms with Gasteiger partial charge in [0.1, 0.15) is 16.5 Å². The van der Waals surface area contributed by atoms with Crippen LogP contribution >= 0.6 is 23.1 Å². The van der Waals surface area contributed by atoms with E-state index in [1.807, 2.05) is 55.5 Å². The van der Waals surface area contributed by atoms with E-state index in [9.17, 15) is 4.79 Å². The molecule has 0 atom stereocenters. The van der Waals surface area contributed by atoms with Gasteiger partial charge in [-0.25, -0.2) is 4.98 Å². The zero-order chi connectivity index (χ0) is 25.8. The van der Waals surface area contributed by atoms with Gasteiger partial charge in [-0.1, -0.05) is 66.4 Å². The summed E-state index contributed by atoms with van der Waals surface area (Å²) in [4.78, 5) is 17.3. The van der Waals surface area contributed by atoms with E-state index in [2.05, 4.69) is 63.2 Å². The van der Waals surface area contributed by atoms with Crippen molar-refractivity contribution in [2.24, 2.45) is 0 Å². The number of para-hydroxylation sites is 1. The molecule has 6 nitrogen and oxygen atoms in total. The van der Waals surface area contributed by atoms with Crippen molar-refractivity contribution < 1.29 is 4.79 Å². The number of nitrogens with one attached hydrogen (secondary N) is 1. The first kappa shape index (κ1) is 24.9. The van der Waals surface area contributed by atoms with Crippen LogP contribution in [-0.4, -0.2) is 25.7 Å². The topological polar surface area (TPSA) is 72.7 Å². The van der Waals surface area contributed by atoms with Crippen molar-refractivity contribution in [2.45, 2.75) is 38.1 Å². The average molecular weight is 526 g/mol.